The highest BCUT2D eigenvalue weighted by Gasteiger charge is 2.30. The maximum absolute atomic E-state index is 12.5. The molecule has 7 N–H and O–H groups in total. The van der Waals surface area contributed by atoms with Crippen molar-refractivity contribution in [1.82, 2.24) is 16.0 Å². The van der Waals surface area contributed by atoms with Crippen LogP contribution in [-0.4, -0.2) is 71.0 Å². The van der Waals surface area contributed by atoms with Crippen molar-refractivity contribution in [3.63, 3.8) is 0 Å². The van der Waals surface area contributed by atoms with Gasteiger partial charge < -0.3 is 36.7 Å². The number of aliphatic carboxylic acids is 1. The van der Waals surface area contributed by atoms with Crippen LogP contribution in [0.15, 0.2) is 0 Å². The van der Waals surface area contributed by atoms with E-state index in [0.29, 0.717) is 12.7 Å². The van der Waals surface area contributed by atoms with Crippen LogP contribution in [0.1, 0.15) is 47.0 Å². The van der Waals surface area contributed by atoms with E-state index >= 15 is 0 Å². The van der Waals surface area contributed by atoms with Gasteiger partial charge in [0.1, 0.15) is 18.4 Å². The van der Waals surface area contributed by atoms with Crippen molar-refractivity contribution in [2.45, 2.75) is 71.1 Å². The minimum absolute atomic E-state index is 0.155. The summed E-state index contributed by atoms with van der Waals surface area (Å²) >= 11 is 0. The molecule has 0 aromatic carbocycles. The van der Waals surface area contributed by atoms with Gasteiger partial charge in [0.15, 0.2) is 0 Å². The van der Waals surface area contributed by atoms with Crippen molar-refractivity contribution in [3.8, 4) is 0 Å². The minimum atomic E-state index is -1.38. The second kappa shape index (κ2) is 13.6. The SMILES string of the molecule is CC[C@H](C)[C@H](N)C(=O)N[C@@H](CO)C(=O)N[C@@H](CCC(=O)O)C(=O)N[C@H](C=O)C(C)C. The summed E-state index contributed by atoms with van der Waals surface area (Å²) < 4.78 is 0. The van der Waals surface area contributed by atoms with Gasteiger partial charge in [0, 0.05) is 6.42 Å². The van der Waals surface area contributed by atoms with E-state index in [2.05, 4.69) is 16.0 Å². The third-order valence-electron chi connectivity index (χ3n) is 4.83. The summed E-state index contributed by atoms with van der Waals surface area (Å²) in [5, 5.41) is 25.5. The fraction of sp³-hybridized carbons (Fsp3) is 0.737. The topological polar surface area (TPSA) is 188 Å². The van der Waals surface area contributed by atoms with Gasteiger partial charge in [0.2, 0.25) is 17.7 Å². The molecule has 0 heterocycles. The highest BCUT2D eigenvalue weighted by Crippen LogP contribution is 2.06. The largest absolute Gasteiger partial charge is 0.481 e. The number of carbonyl (C=O) groups excluding carboxylic acids is 4. The molecule has 0 bridgehead atoms. The average Bonchev–Trinajstić information content (AvgIpc) is 2.70. The second-order valence-corrected chi connectivity index (χ2v) is 7.56. The third kappa shape index (κ3) is 9.31. The van der Waals surface area contributed by atoms with E-state index in [4.69, 9.17) is 10.8 Å². The van der Waals surface area contributed by atoms with E-state index in [9.17, 15) is 29.1 Å². The Hall–Kier alpha value is -2.53. The van der Waals surface area contributed by atoms with Crippen molar-refractivity contribution in [2.75, 3.05) is 6.61 Å². The molecule has 0 aromatic heterocycles. The number of nitrogens with one attached hydrogen (secondary N) is 3. The smallest absolute Gasteiger partial charge is 0.303 e. The lowest BCUT2D eigenvalue weighted by Crippen LogP contribution is -2.58. The Morgan fingerprint density at radius 3 is 1.93 bits per heavy atom. The maximum atomic E-state index is 12.5. The molecule has 11 nitrogen and oxygen atoms in total. The van der Waals surface area contributed by atoms with Crippen LogP contribution in [0.3, 0.4) is 0 Å². The number of carboxylic acids is 1. The van der Waals surface area contributed by atoms with E-state index in [1.54, 1.807) is 20.8 Å². The normalized spacial score (nSPS) is 16.0. The number of hydrogen-bond donors (Lipinski definition) is 6. The lowest BCUT2D eigenvalue weighted by molar-refractivity contribution is -0.138. The molecule has 0 aromatic rings. The zero-order chi connectivity index (χ0) is 23.4. The van der Waals surface area contributed by atoms with Crippen molar-refractivity contribution in [1.29, 1.82) is 0 Å². The van der Waals surface area contributed by atoms with Gasteiger partial charge in [0.25, 0.3) is 0 Å². The average molecular weight is 431 g/mol. The summed E-state index contributed by atoms with van der Waals surface area (Å²) in [6, 6.07) is -4.35. The highest BCUT2D eigenvalue weighted by atomic mass is 16.4. The van der Waals surface area contributed by atoms with E-state index < -0.39 is 60.9 Å². The summed E-state index contributed by atoms with van der Waals surface area (Å²) in [4.78, 5) is 59.2. The van der Waals surface area contributed by atoms with E-state index in [-0.39, 0.29) is 18.3 Å². The molecule has 0 aliphatic heterocycles. The first-order valence-corrected chi connectivity index (χ1v) is 9.92. The summed E-state index contributed by atoms with van der Waals surface area (Å²) in [5.41, 5.74) is 5.82. The minimum Gasteiger partial charge on any atom is -0.481 e. The van der Waals surface area contributed by atoms with Crippen molar-refractivity contribution >= 4 is 30.0 Å². The number of amides is 3. The Bertz CT molecular complexity index is 612. The van der Waals surface area contributed by atoms with Crippen LogP contribution in [0.4, 0.5) is 0 Å². The Morgan fingerprint density at radius 1 is 0.967 bits per heavy atom. The first-order valence-electron chi connectivity index (χ1n) is 9.92. The van der Waals surface area contributed by atoms with Crippen LogP contribution in [0, 0.1) is 11.8 Å². The number of nitrogens with two attached hydrogens (primary N) is 1. The number of aldehydes is 1. The van der Waals surface area contributed by atoms with Gasteiger partial charge >= 0.3 is 5.97 Å². The highest BCUT2D eigenvalue weighted by molar-refractivity contribution is 5.93. The zero-order valence-corrected chi connectivity index (χ0v) is 17.9. The summed E-state index contributed by atoms with van der Waals surface area (Å²) in [6.45, 7) is 6.29. The van der Waals surface area contributed by atoms with Gasteiger partial charge in [-0.05, 0) is 18.3 Å². The molecule has 0 unspecified atom stereocenters. The number of carbonyl (C=O) groups is 5. The standard InChI is InChI=1S/C19H34N4O7/c1-5-11(4)16(20)19(30)23-14(9-25)18(29)21-12(6-7-15(26)27)17(28)22-13(8-24)10(2)3/h8,10-14,16,25H,5-7,9,20H2,1-4H3,(H,21,29)(H,22,28)(H,23,30)(H,26,27)/t11-,12-,13+,14-,16-/m0/s1. The van der Waals surface area contributed by atoms with Gasteiger partial charge in [-0.1, -0.05) is 34.1 Å². The lowest BCUT2D eigenvalue weighted by Gasteiger charge is -2.25. The van der Waals surface area contributed by atoms with Crippen LogP contribution in [0.25, 0.3) is 0 Å². The van der Waals surface area contributed by atoms with Crippen LogP contribution < -0.4 is 21.7 Å². The molecule has 0 aliphatic carbocycles. The van der Waals surface area contributed by atoms with E-state index in [1.807, 2.05) is 6.92 Å². The van der Waals surface area contributed by atoms with Crippen molar-refractivity contribution in [2.24, 2.45) is 17.6 Å². The fourth-order valence-corrected chi connectivity index (χ4v) is 2.41. The van der Waals surface area contributed by atoms with Crippen LogP contribution in [-0.2, 0) is 24.0 Å². The van der Waals surface area contributed by atoms with Gasteiger partial charge in [-0.2, -0.15) is 0 Å². The Labute approximate surface area is 176 Å². The Balaban J connectivity index is 5.26. The number of hydrogen-bond acceptors (Lipinski definition) is 7. The monoisotopic (exact) mass is 430 g/mol. The fourth-order valence-electron chi connectivity index (χ4n) is 2.41. The second-order valence-electron chi connectivity index (χ2n) is 7.56. The zero-order valence-electron chi connectivity index (χ0n) is 17.9. The molecule has 172 valence electrons. The molecule has 0 spiro atoms. The number of carboxylic acid groups (broad SMARTS) is 1. The van der Waals surface area contributed by atoms with Crippen LogP contribution in [0.5, 0.6) is 0 Å². The van der Waals surface area contributed by atoms with Gasteiger partial charge in [-0.3, -0.25) is 19.2 Å². The molecule has 5 atom stereocenters. The summed E-state index contributed by atoms with van der Waals surface area (Å²) in [6.07, 6.45) is 0.525. The summed E-state index contributed by atoms with van der Waals surface area (Å²) in [7, 11) is 0. The molecule has 0 radical (unpaired) electrons. The maximum Gasteiger partial charge on any atom is 0.303 e. The summed E-state index contributed by atoms with van der Waals surface area (Å²) in [5.74, 6) is -3.79. The third-order valence-corrected chi connectivity index (χ3v) is 4.83. The predicted molar refractivity (Wildman–Crippen MR) is 108 cm³/mol. The van der Waals surface area contributed by atoms with Crippen molar-refractivity contribution < 1.29 is 34.2 Å². The quantitative estimate of drug-likeness (QED) is 0.180. The molecule has 3 amide bonds. The van der Waals surface area contributed by atoms with Gasteiger partial charge in [-0.25, -0.2) is 0 Å². The molecule has 30 heavy (non-hydrogen) atoms. The molecule has 0 fully saturated rings. The first-order chi connectivity index (χ1) is 14.0. The van der Waals surface area contributed by atoms with Crippen LogP contribution >= 0.6 is 0 Å². The molecule has 11 heteroatoms. The van der Waals surface area contributed by atoms with E-state index in [0.717, 1.165) is 0 Å². The van der Waals surface area contributed by atoms with E-state index in [1.165, 1.54) is 0 Å². The number of aliphatic hydroxyl groups is 1. The van der Waals surface area contributed by atoms with Gasteiger partial charge in [0.05, 0.1) is 18.7 Å². The Morgan fingerprint density at radius 2 is 1.50 bits per heavy atom. The number of aliphatic hydroxyl groups excluding tert-OH is 1. The lowest BCUT2D eigenvalue weighted by atomic mass is 9.99. The molecule has 0 rings (SSSR count). The predicted octanol–water partition coefficient (Wildman–Crippen LogP) is -1.47. The number of rotatable bonds is 14. The molecule has 0 aliphatic rings. The first kappa shape index (κ1) is 27.5. The molecular weight excluding hydrogens is 396 g/mol. The van der Waals surface area contributed by atoms with Gasteiger partial charge in [-0.15, -0.1) is 0 Å². The van der Waals surface area contributed by atoms with Crippen molar-refractivity contribution in [3.05, 3.63) is 0 Å². The molecular formula is C19H34N4O7. The van der Waals surface area contributed by atoms with Crippen LogP contribution in [0.2, 0.25) is 0 Å². The molecule has 0 saturated carbocycles. The Kier molecular flexibility index (Phi) is 12.5. The molecule has 0 saturated heterocycles.